The number of hydrogen-bond donors (Lipinski definition) is 1. The number of alkyl halides is 11. The van der Waals surface area contributed by atoms with E-state index in [1.165, 1.54) is 99.6 Å². The first-order valence-electron chi connectivity index (χ1n) is 30.8. The number of ether oxygens (including phenoxy) is 1. The van der Waals surface area contributed by atoms with E-state index in [0.717, 1.165) is 43.2 Å². The van der Waals surface area contributed by atoms with E-state index < -0.39 is 82.5 Å². The molecule has 15 rings (SSSR count). The molecule has 0 amide bonds. The number of nitrogens with zero attached hydrogens (tertiary/aromatic N) is 15. The lowest BCUT2D eigenvalue weighted by Gasteiger charge is -2.16. The number of rotatable bonds is 15. The average molecular weight is 1480 g/mol. The monoisotopic (exact) mass is 1480 g/mol. The second-order valence-corrected chi connectivity index (χ2v) is 30.6. The number of halogens is 11. The molecule has 13 heterocycles. The van der Waals surface area contributed by atoms with Crippen LogP contribution in [0.15, 0.2) is 119 Å². The Morgan fingerprint density at radius 3 is 1.25 bits per heavy atom. The zero-order valence-electron chi connectivity index (χ0n) is 53.8. The molecule has 0 unspecified atom stereocenters. The number of aryl methyl sites for hydroxylation is 3. The number of sulfone groups is 3. The maximum atomic E-state index is 14.7. The van der Waals surface area contributed by atoms with Gasteiger partial charge in [-0.3, -0.25) is 18.0 Å². The van der Waals surface area contributed by atoms with Crippen molar-refractivity contribution in [3.8, 4) is 34.6 Å². The van der Waals surface area contributed by atoms with E-state index in [1.807, 2.05) is 0 Å². The first kappa shape index (κ1) is 70.1. The molecule has 39 heteroatoms. The fraction of sp³-hybridized carbons (Fsp3) is 0.317. The third kappa shape index (κ3) is 12.7. The third-order valence-electron chi connectivity index (χ3n) is 17.2. The van der Waals surface area contributed by atoms with Crippen molar-refractivity contribution in [1.29, 1.82) is 0 Å². The number of fused-ring (bicyclic) bond motifs is 6. The number of aromatic nitrogens is 15. The smallest absolute Gasteiger partial charge is 0.417 e. The van der Waals surface area contributed by atoms with Crippen molar-refractivity contribution in [3.63, 3.8) is 0 Å². The summed E-state index contributed by atoms with van der Waals surface area (Å²) in [6.45, 7) is 4.45. The van der Waals surface area contributed by atoms with Gasteiger partial charge in [-0.05, 0) is 74.2 Å². The Kier molecular flexibility index (Phi) is 17.0. The number of carbonyl (C=O) groups is 2. The number of cyclic esters (lactones) is 1. The molecule has 534 valence electrons. The van der Waals surface area contributed by atoms with Crippen molar-refractivity contribution in [1.82, 2.24) is 71.8 Å². The lowest BCUT2D eigenvalue weighted by molar-refractivity contribution is -0.138. The number of hydrogen-bond acceptors (Lipinski definition) is 19. The number of esters is 1. The van der Waals surface area contributed by atoms with E-state index in [1.54, 1.807) is 18.2 Å². The Bertz CT molecular complexity index is 5890. The van der Waals surface area contributed by atoms with Gasteiger partial charge in [0.15, 0.2) is 84.8 Å². The molecule has 0 saturated heterocycles. The van der Waals surface area contributed by atoms with Crippen LogP contribution in [0, 0.1) is 11.8 Å². The van der Waals surface area contributed by atoms with Gasteiger partial charge in [-0.25, -0.2) is 83.7 Å². The largest absolute Gasteiger partial charge is 0.456 e. The van der Waals surface area contributed by atoms with Crippen LogP contribution in [-0.2, 0) is 84.6 Å². The van der Waals surface area contributed by atoms with Gasteiger partial charge in [0.2, 0.25) is 0 Å². The summed E-state index contributed by atoms with van der Waals surface area (Å²) in [7, 11) is -7.09. The molecule has 12 aromatic heterocycles. The summed E-state index contributed by atoms with van der Waals surface area (Å²) < 4.78 is 238. The molecule has 0 atom stereocenters. The van der Waals surface area contributed by atoms with Crippen molar-refractivity contribution in [2.24, 2.45) is 33.0 Å². The predicted molar refractivity (Wildman–Crippen MR) is 343 cm³/mol. The Hall–Kier alpha value is -10.3. The third-order valence-corrected chi connectivity index (χ3v) is 22.4. The van der Waals surface area contributed by atoms with Crippen LogP contribution in [-0.4, -0.2) is 133 Å². The van der Waals surface area contributed by atoms with Gasteiger partial charge in [-0.2, -0.15) is 39.5 Å². The van der Waals surface area contributed by atoms with Gasteiger partial charge in [0.05, 0.1) is 39.6 Å². The highest BCUT2D eigenvalue weighted by Crippen LogP contribution is 2.50. The zero-order valence-corrected chi connectivity index (χ0v) is 56.3. The van der Waals surface area contributed by atoms with E-state index >= 15 is 0 Å². The number of Topliss-reactive ketones (excluding diaryl/α,β-unsaturated/α-hetero) is 1. The van der Waals surface area contributed by atoms with Crippen LogP contribution >= 0.6 is 0 Å². The van der Waals surface area contributed by atoms with E-state index in [2.05, 4.69) is 50.2 Å². The fourth-order valence-corrected chi connectivity index (χ4v) is 14.9. The molecule has 25 nitrogen and oxygen atoms in total. The highest BCUT2D eigenvalue weighted by atomic mass is 32.2. The zero-order chi connectivity index (χ0) is 73.5. The molecule has 2 aliphatic carbocycles. The minimum absolute atomic E-state index is 0.0121. The molecule has 3 aliphatic rings. The summed E-state index contributed by atoms with van der Waals surface area (Å²) in [5, 5.41) is 2.45. The van der Waals surface area contributed by atoms with Gasteiger partial charge >= 0.3 is 24.5 Å². The van der Waals surface area contributed by atoms with Crippen LogP contribution in [0.25, 0.3) is 85.0 Å². The minimum atomic E-state index is -4.64. The lowest BCUT2D eigenvalue weighted by Crippen LogP contribution is -2.16. The van der Waals surface area contributed by atoms with E-state index in [4.69, 9.17) is 4.74 Å². The fourth-order valence-electron chi connectivity index (χ4n) is 11.5. The van der Waals surface area contributed by atoms with Crippen molar-refractivity contribution >= 4 is 97.4 Å². The molecule has 1 N–H and O–H groups in total. The summed E-state index contributed by atoms with van der Waals surface area (Å²) in [4.78, 5) is 61.2. The summed E-state index contributed by atoms with van der Waals surface area (Å²) in [5.74, 6) is -5.07. The molecule has 2 saturated carbocycles. The van der Waals surface area contributed by atoms with Crippen LogP contribution in [0.2, 0.25) is 0 Å². The van der Waals surface area contributed by atoms with Crippen LogP contribution in [0.4, 0.5) is 54.0 Å². The predicted octanol–water partition coefficient (Wildman–Crippen LogP) is 11.2. The Morgan fingerprint density at radius 2 is 0.892 bits per heavy atom. The molecule has 1 aliphatic heterocycles. The number of ketones is 1. The molecule has 0 bridgehead atoms. The van der Waals surface area contributed by atoms with Gasteiger partial charge in [-0.1, -0.05) is 20.8 Å². The first-order valence-corrected chi connectivity index (χ1v) is 35.8. The summed E-state index contributed by atoms with van der Waals surface area (Å²) >= 11 is 0. The molecule has 102 heavy (non-hydrogen) atoms. The van der Waals surface area contributed by atoms with Crippen molar-refractivity contribution in [2.75, 3.05) is 29.2 Å². The van der Waals surface area contributed by atoms with Gasteiger partial charge in [0.1, 0.15) is 57.2 Å². The summed E-state index contributed by atoms with van der Waals surface area (Å²) in [6.07, 6.45) is -3.81. The van der Waals surface area contributed by atoms with E-state index in [9.17, 15) is 83.1 Å². The van der Waals surface area contributed by atoms with E-state index in [0.29, 0.717) is 48.4 Å². The van der Waals surface area contributed by atoms with Gasteiger partial charge in [0.25, 0.3) is 5.92 Å². The first-order chi connectivity index (χ1) is 47.8. The number of nitrogens with one attached hydrogen (secondary N) is 1. The number of pyridine rings is 6. The maximum Gasteiger partial charge on any atom is 0.417 e. The minimum Gasteiger partial charge on any atom is -0.456 e. The van der Waals surface area contributed by atoms with Crippen molar-refractivity contribution in [2.45, 2.75) is 86.0 Å². The molecular formula is C63H53F11N16O9S3. The molecule has 2 fully saturated rings. The molecule has 0 spiro atoms. The Labute approximate surface area is 568 Å². The normalized spacial score (nSPS) is 15.0. The SMILES string of the molecule is CCS(=O)(=O)c1c(-c2nc3cc(C(F)(F)F)cnc3n2C)nc2cc(C(=O)C3CC3)ccn12.CCS(=O)(=O)c1c(-c2nc3cc(C(F)(F)F)cnc3n2C)nc2cc(C(F)(F)C3CC3)ccn12.CCS(=O)(=O)c1c(-c2nc3cc(C(F)(F)F)cnc3n2C)nc2cc(NC3=CC(=O)OC3)ccn12. The Morgan fingerprint density at radius 1 is 0.510 bits per heavy atom. The second-order valence-electron chi connectivity index (χ2n) is 24.1. The summed E-state index contributed by atoms with van der Waals surface area (Å²) in [6, 6.07) is 11.1. The van der Waals surface area contributed by atoms with Crippen LogP contribution < -0.4 is 5.32 Å². The lowest BCUT2D eigenvalue weighted by atomic mass is 10.1. The topological polar surface area (TPSA) is 302 Å². The van der Waals surface area contributed by atoms with E-state index in [-0.39, 0.29) is 141 Å². The van der Waals surface area contributed by atoms with Crippen LogP contribution in [0.5, 0.6) is 0 Å². The van der Waals surface area contributed by atoms with Gasteiger partial charge in [0, 0.05) is 99.1 Å². The second kappa shape index (κ2) is 24.7. The molecule has 12 aromatic rings. The molecular weight excluding hydrogens is 1430 g/mol. The standard InChI is InChI=1S/C21H18F5N5O2S.C21H17F3N6O4S.C21H18F3N5O3S/c1-3-34(32,33)19-16(18-28-14-8-13(21(24,25)26)10-27-17(14)30(18)2)29-15-9-12(6-7-31(15)19)20(22,23)11-4-5-11;1-3-35(32,33)20-17(19-27-14-6-11(21(22,23)24)9-25-18(14)29(19)2)28-15-7-12(4-5-30(15)20)26-13-8-16(31)34-10-13;1-3-33(31,32)20-16(27-15-8-12(6-7-29(15)20)17(30)11-4-5-11)19-26-14-9-13(21(22,23)24)10-25-18(14)28(19)2/h6-11H,3-5H2,1-2H3;4-9,26H,3,10H2,1-2H3;6-11H,3-5H2,1-2H3. The van der Waals surface area contributed by atoms with Gasteiger partial charge in [-0.15, -0.1) is 0 Å². The van der Waals surface area contributed by atoms with Crippen LogP contribution in [0.3, 0.4) is 0 Å². The number of carbonyl (C=O) groups excluding carboxylic acids is 2. The number of imidazole rings is 6. The van der Waals surface area contributed by atoms with Crippen molar-refractivity contribution in [3.05, 3.63) is 131 Å². The maximum absolute atomic E-state index is 14.7. The summed E-state index contributed by atoms with van der Waals surface area (Å²) in [5.41, 5.74) is -1.26. The highest BCUT2D eigenvalue weighted by Gasteiger charge is 2.48. The number of anilines is 1. The van der Waals surface area contributed by atoms with Crippen molar-refractivity contribution < 1.29 is 87.9 Å². The Balaban J connectivity index is 0.000000137. The molecule has 0 radical (unpaired) electrons. The quantitative estimate of drug-likeness (QED) is 0.0566. The molecule has 0 aromatic carbocycles. The highest BCUT2D eigenvalue weighted by molar-refractivity contribution is 7.92. The average Bonchev–Trinajstić information content (AvgIpc) is 1.59. The van der Waals surface area contributed by atoms with Crippen LogP contribution in [0.1, 0.15) is 79.1 Å². The van der Waals surface area contributed by atoms with Gasteiger partial charge < -0.3 is 23.8 Å².